The molecule has 5 heteroatoms. The topological polar surface area (TPSA) is 57.0 Å². The first kappa shape index (κ1) is 13.2. The number of nitriles is 1. The van der Waals surface area contributed by atoms with Crippen LogP contribution in [0.25, 0.3) is 0 Å². The maximum Gasteiger partial charge on any atom is 0.160 e. The molecular weight excluding hydrogens is 258 g/mol. The van der Waals surface area contributed by atoms with Gasteiger partial charge in [0.1, 0.15) is 0 Å². The highest BCUT2D eigenvalue weighted by Gasteiger charge is 2.10. The minimum absolute atomic E-state index is 0.453. The summed E-state index contributed by atoms with van der Waals surface area (Å²) < 4.78 is 0. The van der Waals surface area contributed by atoms with E-state index in [0.29, 0.717) is 24.4 Å². The Bertz CT molecular complexity index is 574. The molecular formula is C14H13N3OS. The van der Waals surface area contributed by atoms with Crippen LogP contribution in [0.2, 0.25) is 0 Å². The summed E-state index contributed by atoms with van der Waals surface area (Å²) in [5, 5.41) is 9.74. The van der Waals surface area contributed by atoms with Crippen LogP contribution in [-0.2, 0) is 6.54 Å². The molecule has 0 spiro atoms. The van der Waals surface area contributed by atoms with Crippen molar-refractivity contribution in [3.8, 4) is 6.07 Å². The van der Waals surface area contributed by atoms with Gasteiger partial charge in [-0.2, -0.15) is 5.26 Å². The Morgan fingerprint density at radius 1 is 1.42 bits per heavy atom. The average Bonchev–Trinajstić information content (AvgIpc) is 2.93. The number of carbonyl (C=O) groups is 1. The summed E-state index contributed by atoms with van der Waals surface area (Å²) in [6.45, 7) is 1.33. The van der Waals surface area contributed by atoms with E-state index in [1.54, 1.807) is 12.3 Å². The molecule has 0 saturated carbocycles. The molecule has 0 aliphatic heterocycles. The molecule has 0 bridgehead atoms. The molecule has 4 nitrogen and oxygen atoms in total. The lowest BCUT2D eigenvalue weighted by atomic mass is 10.2. The maximum atomic E-state index is 10.7. The lowest BCUT2D eigenvalue weighted by Crippen LogP contribution is -2.22. The van der Waals surface area contributed by atoms with Crippen molar-refractivity contribution in [3.05, 3.63) is 47.1 Å². The van der Waals surface area contributed by atoms with Gasteiger partial charge in [-0.25, -0.2) is 0 Å². The largest absolute Gasteiger partial charge is 0.358 e. The second kappa shape index (κ2) is 6.66. The van der Waals surface area contributed by atoms with Crippen molar-refractivity contribution in [2.24, 2.45) is 0 Å². The third kappa shape index (κ3) is 3.63. The maximum absolute atomic E-state index is 10.7. The minimum atomic E-state index is 0.453. The Morgan fingerprint density at radius 3 is 2.95 bits per heavy atom. The highest BCUT2D eigenvalue weighted by atomic mass is 32.1. The van der Waals surface area contributed by atoms with Crippen LogP contribution in [0.4, 0.5) is 5.00 Å². The van der Waals surface area contributed by atoms with Crippen LogP contribution < -0.4 is 4.90 Å². The van der Waals surface area contributed by atoms with E-state index in [1.165, 1.54) is 11.3 Å². The van der Waals surface area contributed by atoms with Crippen molar-refractivity contribution in [2.45, 2.75) is 13.0 Å². The van der Waals surface area contributed by atoms with E-state index >= 15 is 0 Å². The number of pyridine rings is 1. The van der Waals surface area contributed by atoms with Crippen LogP contribution in [0.3, 0.4) is 0 Å². The fraction of sp³-hybridized carbons (Fsp3) is 0.214. The molecule has 0 aliphatic carbocycles. The highest BCUT2D eigenvalue weighted by molar-refractivity contribution is 7.17. The lowest BCUT2D eigenvalue weighted by molar-refractivity contribution is 0.112. The number of rotatable bonds is 6. The van der Waals surface area contributed by atoms with Gasteiger partial charge in [0.15, 0.2) is 6.29 Å². The molecule has 2 rings (SSSR count). The van der Waals surface area contributed by atoms with Crippen LogP contribution in [0.15, 0.2) is 36.7 Å². The van der Waals surface area contributed by atoms with Gasteiger partial charge in [-0.3, -0.25) is 9.78 Å². The van der Waals surface area contributed by atoms with E-state index in [1.807, 2.05) is 24.4 Å². The fourth-order valence-corrected chi connectivity index (χ4v) is 2.59. The van der Waals surface area contributed by atoms with Gasteiger partial charge < -0.3 is 4.90 Å². The standard InChI is InChI=1S/C14H13N3OS/c15-6-2-8-17(10-12-3-1-7-16-9-12)14-5-4-13(11-18)19-14/h1,3-5,7,9,11H,2,8,10H2. The lowest BCUT2D eigenvalue weighted by Gasteiger charge is -2.21. The van der Waals surface area contributed by atoms with E-state index in [4.69, 9.17) is 5.26 Å². The molecule has 0 radical (unpaired) electrons. The van der Waals surface area contributed by atoms with Crippen LogP contribution in [0.1, 0.15) is 21.7 Å². The molecule has 0 amide bonds. The quantitative estimate of drug-likeness (QED) is 0.758. The molecule has 2 aromatic heterocycles. The summed E-state index contributed by atoms with van der Waals surface area (Å²) >= 11 is 1.44. The number of hydrogen-bond donors (Lipinski definition) is 0. The summed E-state index contributed by atoms with van der Waals surface area (Å²) in [5.41, 5.74) is 1.08. The monoisotopic (exact) mass is 271 g/mol. The van der Waals surface area contributed by atoms with E-state index < -0.39 is 0 Å². The van der Waals surface area contributed by atoms with Crippen LogP contribution in [-0.4, -0.2) is 17.8 Å². The molecule has 0 aromatic carbocycles. The molecule has 0 saturated heterocycles. The molecule has 19 heavy (non-hydrogen) atoms. The summed E-state index contributed by atoms with van der Waals surface area (Å²) in [7, 11) is 0. The summed E-state index contributed by atoms with van der Waals surface area (Å²) in [4.78, 5) is 17.6. The van der Waals surface area contributed by atoms with Crippen molar-refractivity contribution >= 4 is 22.6 Å². The number of aromatic nitrogens is 1. The Balaban J connectivity index is 2.16. The second-order valence-corrected chi connectivity index (χ2v) is 5.08. The zero-order valence-electron chi connectivity index (χ0n) is 10.3. The zero-order valence-corrected chi connectivity index (χ0v) is 11.1. The van der Waals surface area contributed by atoms with Gasteiger partial charge >= 0.3 is 0 Å². The van der Waals surface area contributed by atoms with Gasteiger partial charge in [-0.1, -0.05) is 6.07 Å². The third-order valence-corrected chi connectivity index (χ3v) is 3.70. The third-order valence-electron chi connectivity index (χ3n) is 2.63. The van der Waals surface area contributed by atoms with E-state index in [2.05, 4.69) is 16.0 Å². The SMILES string of the molecule is N#CCCN(Cc1cccnc1)c1ccc(C=O)s1. The van der Waals surface area contributed by atoms with Crippen molar-refractivity contribution < 1.29 is 4.79 Å². The molecule has 96 valence electrons. The first-order valence-electron chi connectivity index (χ1n) is 5.89. The molecule has 0 fully saturated rings. The first-order valence-corrected chi connectivity index (χ1v) is 6.71. The smallest absolute Gasteiger partial charge is 0.160 e. The van der Waals surface area contributed by atoms with Crippen LogP contribution in [0.5, 0.6) is 0 Å². The predicted octanol–water partition coefficient (Wildman–Crippen LogP) is 2.88. The number of thiophene rings is 1. The molecule has 0 unspecified atom stereocenters. The predicted molar refractivity (Wildman–Crippen MR) is 75.2 cm³/mol. The molecule has 0 atom stereocenters. The highest BCUT2D eigenvalue weighted by Crippen LogP contribution is 2.26. The van der Waals surface area contributed by atoms with Gasteiger partial charge in [0.2, 0.25) is 0 Å². The average molecular weight is 271 g/mol. The zero-order chi connectivity index (χ0) is 13.5. The van der Waals surface area contributed by atoms with Gasteiger partial charge in [0.05, 0.1) is 22.4 Å². The van der Waals surface area contributed by atoms with Crippen LogP contribution >= 0.6 is 11.3 Å². The van der Waals surface area contributed by atoms with E-state index in [-0.39, 0.29) is 0 Å². The van der Waals surface area contributed by atoms with Crippen molar-refractivity contribution in [2.75, 3.05) is 11.4 Å². The van der Waals surface area contributed by atoms with Gasteiger partial charge in [0.25, 0.3) is 0 Å². The Labute approximate surface area is 115 Å². The number of carbonyl (C=O) groups excluding carboxylic acids is 1. The van der Waals surface area contributed by atoms with Crippen molar-refractivity contribution in [1.82, 2.24) is 4.98 Å². The van der Waals surface area contributed by atoms with E-state index in [0.717, 1.165) is 16.9 Å². The number of anilines is 1. The Kier molecular flexibility index (Phi) is 4.65. The first-order chi connectivity index (χ1) is 9.33. The normalized spacial score (nSPS) is 9.84. The minimum Gasteiger partial charge on any atom is -0.358 e. The summed E-state index contributed by atoms with van der Waals surface area (Å²) in [6.07, 6.45) is 4.85. The summed E-state index contributed by atoms with van der Waals surface area (Å²) in [6, 6.07) is 9.76. The summed E-state index contributed by atoms with van der Waals surface area (Å²) in [5.74, 6) is 0. The Morgan fingerprint density at radius 2 is 2.32 bits per heavy atom. The second-order valence-electron chi connectivity index (χ2n) is 3.98. The number of nitrogens with zero attached hydrogens (tertiary/aromatic N) is 3. The van der Waals surface area contributed by atoms with Crippen LogP contribution in [0, 0.1) is 11.3 Å². The van der Waals surface area contributed by atoms with Crippen molar-refractivity contribution in [1.29, 1.82) is 5.26 Å². The van der Waals surface area contributed by atoms with E-state index in [9.17, 15) is 4.79 Å². The Hall–Kier alpha value is -2.19. The molecule has 0 N–H and O–H groups in total. The fourth-order valence-electron chi connectivity index (χ4n) is 1.74. The molecule has 0 aliphatic rings. The van der Waals surface area contributed by atoms with Crippen molar-refractivity contribution in [3.63, 3.8) is 0 Å². The van der Waals surface area contributed by atoms with Gasteiger partial charge in [-0.15, -0.1) is 11.3 Å². The number of hydrogen-bond acceptors (Lipinski definition) is 5. The molecule has 2 heterocycles. The van der Waals surface area contributed by atoms with Gasteiger partial charge in [-0.05, 0) is 23.8 Å². The number of aldehydes is 1. The molecule has 2 aromatic rings. The van der Waals surface area contributed by atoms with Gasteiger partial charge in [0, 0.05) is 25.5 Å².